The molecule has 0 aliphatic heterocycles. The van der Waals surface area contributed by atoms with Gasteiger partial charge in [-0.1, -0.05) is 32.9 Å². The molecule has 2 unspecified atom stereocenters. The fourth-order valence-corrected chi connectivity index (χ4v) is 1.77. The van der Waals surface area contributed by atoms with Crippen molar-refractivity contribution in [2.24, 2.45) is 5.73 Å². The third kappa shape index (κ3) is 4.82. The predicted molar refractivity (Wildman–Crippen MR) is 76.5 cm³/mol. The molecule has 0 radical (unpaired) electrons. The van der Waals surface area contributed by atoms with Crippen LogP contribution in [-0.2, 0) is 10.2 Å². The second-order valence-electron chi connectivity index (χ2n) is 5.73. The van der Waals surface area contributed by atoms with Gasteiger partial charge >= 0.3 is 0 Å². The maximum atomic E-state index is 9.31. The molecular formula is C15H25NO3. The molecule has 0 spiro atoms. The molecule has 0 aromatic heterocycles. The third-order valence-electron chi connectivity index (χ3n) is 3.02. The van der Waals surface area contributed by atoms with E-state index in [-0.39, 0.29) is 18.1 Å². The van der Waals surface area contributed by atoms with E-state index in [9.17, 15) is 5.11 Å². The van der Waals surface area contributed by atoms with Crippen LogP contribution in [0.4, 0.5) is 0 Å². The van der Waals surface area contributed by atoms with Gasteiger partial charge in [-0.05, 0) is 23.1 Å². The minimum Gasteiger partial charge on any atom is -0.486 e. The molecule has 3 N–H and O–H groups in total. The predicted octanol–water partition coefficient (Wildman–Crippen LogP) is 1.70. The first-order valence-corrected chi connectivity index (χ1v) is 6.51. The summed E-state index contributed by atoms with van der Waals surface area (Å²) in [5, 5.41) is 9.31. The number of hydrogen-bond acceptors (Lipinski definition) is 4. The molecule has 1 aromatic carbocycles. The number of aliphatic hydroxyl groups excluding tert-OH is 1. The Kier molecular flexibility index (Phi) is 5.79. The van der Waals surface area contributed by atoms with E-state index in [0.29, 0.717) is 12.4 Å². The Morgan fingerprint density at radius 3 is 2.21 bits per heavy atom. The maximum Gasteiger partial charge on any atom is 0.139 e. The van der Waals surface area contributed by atoms with E-state index >= 15 is 0 Å². The normalized spacial score (nSPS) is 15.1. The molecule has 19 heavy (non-hydrogen) atoms. The van der Waals surface area contributed by atoms with Crippen LogP contribution in [0, 0.1) is 0 Å². The second-order valence-corrected chi connectivity index (χ2v) is 5.73. The Morgan fingerprint density at radius 2 is 1.79 bits per heavy atom. The number of hydrogen-bond donors (Lipinski definition) is 2. The quantitative estimate of drug-likeness (QED) is 0.823. The molecule has 0 aliphatic carbocycles. The highest BCUT2D eigenvalue weighted by Gasteiger charge is 2.19. The van der Waals surface area contributed by atoms with Crippen molar-refractivity contribution in [3.8, 4) is 5.75 Å². The highest BCUT2D eigenvalue weighted by molar-refractivity contribution is 5.31. The standard InChI is InChI=1S/C15H25NO3/c1-15(2,3)11-5-7-12(8-6-11)19-14(9-17)13(16)10-18-4/h5-8,13-14,17H,9-10,16H2,1-4H3. The molecule has 108 valence electrons. The van der Waals surface area contributed by atoms with Gasteiger partial charge in [0.15, 0.2) is 0 Å². The van der Waals surface area contributed by atoms with Crippen LogP contribution < -0.4 is 10.5 Å². The lowest BCUT2D eigenvalue weighted by Gasteiger charge is -2.24. The van der Waals surface area contributed by atoms with Gasteiger partial charge in [-0.2, -0.15) is 0 Å². The van der Waals surface area contributed by atoms with E-state index < -0.39 is 6.10 Å². The summed E-state index contributed by atoms with van der Waals surface area (Å²) in [6.45, 7) is 6.70. The summed E-state index contributed by atoms with van der Waals surface area (Å²) in [5.41, 5.74) is 7.23. The van der Waals surface area contributed by atoms with Crippen LogP contribution in [0.3, 0.4) is 0 Å². The Morgan fingerprint density at radius 1 is 1.21 bits per heavy atom. The second kappa shape index (κ2) is 6.89. The maximum absolute atomic E-state index is 9.31. The molecule has 0 fully saturated rings. The van der Waals surface area contributed by atoms with Crippen molar-refractivity contribution in [3.63, 3.8) is 0 Å². The first-order valence-electron chi connectivity index (χ1n) is 6.51. The van der Waals surface area contributed by atoms with E-state index in [0.717, 1.165) is 0 Å². The van der Waals surface area contributed by atoms with Gasteiger partial charge in [0, 0.05) is 7.11 Å². The van der Waals surface area contributed by atoms with Crippen molar-refractivity contribution in [1.29, 1.82) is 0 Å². The van der Waals surface area contributed by atoms with Crippen LogP contribution in [0.25, 0.3) is 0 Å². The van der Waals surface area contributed by atoms with Gasteiger partial charge in [-0.15, -0.1) is 0 Å². The zero-order valence-electron chi connectivity index (χ0n) is 12.2. The van der Waals surface area contributed by atoms with Gasteiger partial charge in [-0.3, -0.25) is 0 Å². The molecule has 0 heterocycles. The van der Waals surface area contributed by atoms with Gasteiger partial charge in [0.1, 0.15) is 11.9 Å². The van der Waals surface area contributed by atoms with Crippen LogP contribution >= 0.6 is 0 Å². The Balaban J connectivity index is 2.71. The zero-order valence-corrected chi connectivity index (χ0v) is 12.2. The summed E-state index contributed by atoms with van der Waals surface area (Å²) >= 11 is 0. The van der Waals surface area contributed by atoms with Crippen molar-refractivity contribution in [2.75, 3.05) is 20.3 Å². The number of methoxy groups -OCH3 is 1. The van der Waals surface area contributed by atoms with Crippen LogP contribution in [0.1, 0.15) is 26.3 Å². The van der Waals surface area contributed by atoms with Crippen LogP contribution in [0.15, 0.2) is 24.3 Å². The molecule has 4 heteroatoms. The molecule has 1 aromatic rings. The van der Waals surface area contributed by atoms with Gasteiger partial charge in [0.05, 0.1) is 19.3 Å². The minimum atomic E-state index is -0.458. The molecule has 0 saturated carbocycles. The van der Waals surface area contributed by atoms with Crippen molar-refractivity contribution >= 4 is 0 Å². The number of rotatable bonds is 6. The monoisotopic (exact) mass is 267 g/mol. The van der Waals surface area contributed by atoms with E-state index in [4.69, 9.17) is 15.2 Å². The average molecular weight is 267 g/mol. The topological polar surface area (TPSA) is 64.7 Å². The number of ether oxygens (including phenoxy) is 2. The summed E-state index contributed by atoms with van der Waals surface area (Å²) < 4.78 is 10.7. The lowest BCUT2D eigenvalue weighted by atomic mass is 9.87. The summed E-state index contributed by atoms with van der Waals surface area (Å²) in [7, 11) is 1.58. The average Bonchev–Trinajstić information content (AvgIpc) is 2.35. The van der Waals surface area contributed by atoms with E-state index in [2.05, 4.69) is 20.8 Å². The van der Waals surface area contributed by atoms with Crippen molar-refractivity contribution in [2.45, 2.75) is 38.3 Å². The summed E-state index contributed by atoms with van der Waals surface area (Å²) in [6, 6.07) is 7.53. The van der Waals surface area contributed by atoms with Gasteiger partial charge in [0.2, 0.25) is 0 Å². The number of benzene rings is 1. The Labute approximate surface area is 115 Å². The lowest BCUT2D eigenvalue weighted by Crippen LogP contribution is -2.44. The molecule has 0 bridgehead atoms. The minimum absolute atomic E-state index is 0.112. The molecule has 0 saturated heterocycles. The Hall–Kier alpha value is -1.10. The van der Waals surface area contributed by atoms with E-state index in [1.807, 2.05) is 24.3 Å². The fraction of sp³-hybridized carbons (Fsp3) is 0.600. The fourth-order valence-electron chi connectivity index (χ4n) is 1.77. The summed E-state index contributed by atoms with van der Waals surface area (Å²) in [4.78, 5) is 0. The van der Waals surface area contributed by atoms with E-state index in [1.54, 1.807) is 7.11 Å². The molecule has 4 nitrogen and oxygen atoms in total. The molecule has 2 atom stereocenters. The van der Waals surface area contributed by atoms with Gasteiger partial charge in [-0.25, -0.2) is 0 Å². The SMILES string of the molecule is COCC(N)C(CO)Oc1ccc(C(C)(C)C)cc1. The largest absolute Gasteiger partial charge is 0.486 e. The molecular weight excluding hydrogens is 242 g/mol. The molecule has 1 rings (SSSR count). The highest BCUT2D eigenvalue weighted by atomic mass is 16.5. The van der Waals surface area contributed by atoms with Crippen molar-refractivity contribution in [1.82, 2.24) is 0 Å². The Bertz CT molecular complexity index is 370. The van der Waals surface area contributed by atoms with Crippen LogP contribution in [-0.4, -0.2) is 37.6 Å². The van der Waals surface area contributed by atoms with Crippen molar-refractivity contribution < 1.29 is 14.6 Å². The molecule has 0 aliphatic rings. The first-order chi connectivity index (χ1) is 8.88. The highest BCUT2D eigenvalue weighted by Crippen LogP contribution is 2.24. The summed E-state index contributed by atoms with van der Waals surface area (Å²) in [5.74, 6) is 0.707. The van der Waals surface area contributed by atoms with Crippen LogP contribution in [0.5, 0.6) is 5.75 Å². The first kappa shape index (κ1) is 16.0. The third-order valence-corrected chi connectivity index (χ3v) is 3.02. The number of nitrogens with two attached hydrogens (primary N) is 1. The van der Waals surface area contributed by atoms with Gasteiger partial charge < -0.3 is 20.3 Å². The van der Waals surface area contributed by atoms with Crippen molar-refractivity contribution in [3.05, 3.63) is 29.8 Å². The molecule has 0 amide bonds. The van der Waals surface area contributed by atoms with Gasteiger partial charge in [0.25, 0.3) is 0 Å². The summed E-state index contributed by atoms with van der Waals surface area (Å²) in [6.07, 6.45) is -0.458. The lowest BCUT2D eigenvalue weighted by molar-refractivity contribution is 0.0605. The van der Waals surface area contributed by atoms with Crippen LogP contribution in [0.2, 0.25) is 0 Å². The van der Waals surface area contributed by atoms with E-state index in [1.165, 1.54) is 5.56 Å². The zero-order chi connectivity index (χ0) is 14.5. The number of aliphatic hydroxyl groups is 1. The smallest absolute Gasteiger partial charge is 0.139 e.